The van der Waals surface area contributed by atoms with Crippen molar-refractivity contribution in [1.82, 2.24) is 14.0 Å². The number of para-hydroxylation sites is 1. The summed E-state index contributed by atoms with van der Waals surface area (Å²) in [5.74, 6) is 0.483. The van der Waals surface area contributed by atoms with Crippen LogP contribution in [0.1, 0.15) is 49.2 Å². The molecule has 9 heteroatoms. The summed E-state index contributed by atoms with van der Waals surface area (Å²) in [6, 6.07) is 27.9. The lowest BCUT2D eigenvalue weighted by molar-refractivity contribution is -0.127. The molecule has 0 N–H and O–H groups in total. The SMILES string of the molecule is CCN(CC)C(=O)C1=C(C)N=c2s/c(=C/c3c(C)n(Cc4ccc(Br)cc4)c4ccccc34)c(=O)n2[C@@H]1c1c(OC)ccc2ccccc12. The largest absolute Gasteiger partial charge is 0.496 e. The molecule has 3 heterocycles. The first-order valence-corrected chi connectivity index (χ1v) is 18.1. The van der Waals surface area contributed by atoms with Crippen molar-refractivity contribution in [2.45, 2.75) is 40.3 Å². The number of methoxy groups -OCH3 is 1. The highest BCUT2D eigenvalue weighted by Crippen LogP contribution is 2.40. The Bertz CT molecular complexity index is 2470. The number of ether oxygens (including phenoxy) is 1. The van der Waals surface area contributed by atoms with Crippen LogP contribution in [-0.4, -0.2) is 40.1 Å². The quantitative estimate of drug-likeness (QED) is 0.165. The molecule has 0 unspecified atom stereocenters. The molecular formula is C40H37BrN4O3S. The summed E-state index contributed by atoms with van der Waals surface area (Å²) in [5, 5.41) is 3.00. The predicted octanol–water partition coefficient (Wildman–Crippen LogP) is 7.34. The van der Waals surface area contributed by atoms with Gasteiger partial charge in [-0.15, -0.1) is 0 Å². The van der Waals surface area contributed by atoms with E-state index in [1.165, 1.54) is 16.9 Å². The van der Waals surface area contributed by atoms with Crippen molar-refractivity contribution in [2.75, 3.05) is 20.2 Å². The molecule has 1 atom stereocenters. The van der Waals surface area contributed by atoms with Crippen LogP contribution in [0.3, 0.4) is 0 Å². The van der Waals surface area contributed by atoms with Gasteiger partial charge in [-0.25, -0.2) is 4.99 Å². The molecule has 0 saturated heterocycles. The second kappa shape index (κ2) is 13.3. The number of fused-ring (bicyclic) bond motifs is 3. The summed E-state index contributed by atoms with van der Waals surface area (Å²) >= 11 is 4.90. The minimum atomic E-state index is -0.729. The van der Waals surface area contributed by atoms with Crippen molar-refractivity contribution < 1.29 is 9.53 Å². The van der Waals surface area contributed by atoms with Gasteiger partial charge in [0, 0.05) is 51.8 Å². The van der Waals surface area contributed by atoms with E-state index >= 15 is 0 Å². The fourth-order valence-electron chi connectivity index (χ4n) is 7.03. The molecule has 0 fully saturated rings. The van der Waals surface area contributed by atoms with Gasteiger partial charge in [0.15, 0.2) is 4.80 Å². The number of hydrogen-bond donors (Lipinski definition) is 0. The van der Waals surface area contributed by atoms with Gasteiger partial charge in [-0.3, -0.25) is 14.2 Å². The van der Waals surface area contributed by atoms with Gasteiger partial charge in [0.2, 0.25) is 0 Å². The highest BCUT2D eigenvalue weighted by Gasteiger charge is 2.36. The van der Waals surface area contributed by atoms with E-state index in [1.54, 1.807) is 16.6 Å². The summed E-state index contributed by atoms with van der Waals surface area (Å²) < 4.78 is 11.6. The maximum absolute atomic E-state index is 14.8. The van der Waals surface area contributed by atoms with Gasteiger partial charge in [-0.05, 0) is 74.4 Å². The van der Waals surface area contributed by atoms with E-state index in [-0.39, 0.29) is 11.5 Å². The van der Waals surface area contributed by atoms with Crippen LogP contribution in [0.2, 0.25) is 0 Å². The zero-order valence-electron chi connectivity index (χ0n) is 28.2. The van der Waals surface area contributed by atoms with Crippen LogP contribution in [0.15, 0.2) is 110 Å². The Morgan fingerprint density at radius 2 is 1.65 bits per heavy atom. The van der Waals surface area contributed by atoms with E-state index in [0.717, 1.165) is 43.0 Å². The maximum atomic E-state index is 14.8. The fraction of sp³-hybridized carbons (Fsp3) is 0.225. The van der Waals surface area contributed by atoms with Crippen LogP contribution in [0.5, 0.6) is 5.75 Å². The fourth-order valence-corrected chi connectivity index (χ4v) is 8.32. The molecule has 0 bridgehead atoms. The summed E-state index contributed by atoms with van der Waals surface area (Å²) in [5.41, 5.74) is 6.02. The molecular weight excluding hydrogens is 696 g/mol. The maximum Gasteiger partial charge on any atom is 0.271 e. The number of thiazole rings is 1. The van der Waals surface area contributed by atoms with Gasteiger partial charge in [-0.2, -0.15) is 0 Å². The molecule has 1 amide bonds. The van der Waals surface area contributed by atoms with Gasteiger partial charge in [0.1, 0.15) is 11.8 Å². The molecule has 49 heavy (non-hydrogen) atoms. The Morgan fingerprint density at radius 1 is 0.959 bits per heavy atom. The number of carbonyl (C=O) groups is 1. The first kappa shape index (κ1) is 32.8. The Hall–Kier alpha value is -4.73. The number of halogens is 1. The second-order valence-electron chi connectivity index (χ2n) is 12.2. The Kier molecular flexibility index (Phi) is 8.90. The van der Waals surface area contributed by atoms with E-state index in [1.807, 2.05) is 75.4 Å². The lowest BCUT2D eigenvalue weighted by Gasteiger charge is -2.30. The second-order valence-corrected chi connectivity index (χ2v) is 14.1. The number of likely N-dealkylation sites (N-methyl/N-ethyl adjacent to an activating group) is 1. The average molecular weight is 734 g/mol. The first-order valence-electron chi connectivity index (χ1n) is 16.4. The van der Waals surface area contributed by atoms with Crippen molar-refractivity contribution in [2.24, 2.45) is 4.99 Å². The molecule has 0 radical (unpaired) electrons. The minimum Gasteiger partial charge on any atom is -0.496 e. The highest BCUT2D eigenvalue weighted by molar-refractivity contribution is 9.10. The van der Waals surface area contributed by atoms with Crippen LogP contribution in [0, 0.1) is 6.92 Å². The Labute approximate surface area is 297 Å². The lowest BCUT2D eigenvalue weighted by atomic mass is 9.90. The van der Waals surface area contributed by atoms with E-state index < -0.39 is 6.04 Å². The third-order valence-corrected chi connectivity index (χ3v) is 11.0. The molecule has 0 spiro atoms. The summed E-state index contributed by atoms with van der Waals surface area (Å²) in [4.78, 5) is 36.4. The minimum absolute atomic E-state index is 0.132. The number of amides is 1. The van der Waals surface area contributed by atoms with Crippen molar-refractivity contribution in [3.05, 3.63) is 143 Å². The molecule has 0 aliphatic carbocycles. The normalized spacial score (nSPS) is 14.7. The van der Waals surface area contributed by atoms with Crippen LogP contribution < -0.4 is 19.6 Å². The van der Waals surface area contributed by atoms with Crippen molar-refractivity contribution in [1.29, 1.82) is 0 Å². The van der Waals surface area contributed by atoms with Crippen LogP contribution in [0.4, 0.5) is 0 Å². The van der Waals surface area contributed by atoms with E-state index in [2.05, 4.69) is 63.8 Å². The third kappa shape index (κ3) is 5.64. The number of hydrogen-bond acceptors (Lipinski definition) is 5. The number of aromatic nitrogens is 2. The van der Waals surface area contributed by atoms with Gasteiger partial charge in [0.25, 0.3) is 11.5 Å². The van der Waals surface area contributed by atoms with Gasteiger partial charge in [0.05, 0.1) is 22.9 Å². The van der Waals surface area contributed by atoms with Crippen molar-refractivity contribution >= 4 is 60.9 Å². The van der Waals surface area contributed by atoms with Crippen LogP contribution in [-0.2, 0) is 11.3 Å². The Balaban J connectivity index is 1.48. The van der Waals surface area contributed by atoms with Gasteiger partial charge < -0.3 is 14.2 Å². The van der Waals surface area contributed by atoms with Gasteiger partial charge in [-0.1, -0.05) is 87.9 Å². The zero-order valence-corrected chi connectivity index (χ0v) is 30.6. The van der Waals surface area contributed by atoms with E-state index in [9.17, 15) is 9.59 Å². The van der Waals surface area contributed by atoms with Crippen molar-refractivity contribution in [3.63, 3.8) is 0 Å². The molecule has 1 aliphatic rings. The molecule has 7 rings (SSSR count). The van der Waals surface area contributed by atoms with Crippen molar-refractivity contribution in [3.8, 4) is 5.75 Å². The predicted molar refractivity (Wildman–Crippen MR) is 202 cm³/mol. The number of rotatable bonds is 8. The molecule has 7 nitrogen and oxygen atoms in total. The van der Waals surface area contributed by atoms with Crippen LogP contribution in [0.25, 0.3) is 27.8 Å². The number of nitrogens with zero attached hydrogens (tertiary/aromatic N) is 4. The molecule has 6 aromatic rings. The van der Waals surface area contributed by atoms with E-state index in [0.29, 0.717) is 46.0 Å². The highest BCUT2D eigenvalue weighted by atomic mass is 79.9. The van der Waals surface area contributed by atoms with E-state index in [4.69, 9.17) is 9.73 Å². The first-order chi connectivity index (χ1) is 23.7. The summed E-state index contributed by atoms with van der Waals surface area (Å²) in [7, 11) is 1.63. The molecule has 0 saturated carbocycles. The molecule has 1 aliphatic heterocycles. The molecule has 2 aromatic heterocycles. The monoisotopic (exact) mass is 732 g/mol. The zero-order chi connectivity index (χ0) is 34.4. The lowest BCUT2D eigenvalue weighted by Crippen LogP contribution is -2.43. The van der Waals surface area contributed by atoms with Crippen LogP contribution >= 0.6 is 27.3 Å². The standard InChI is InChI=1S/C40H37BrN4O3S/c1-6-43(7-2)39(47)35-24(3)42-40-45(37(35)36-29-13-9-8-12-27(29)18-21-33(36)48-5)38(46)34(49-40)22-31-25(4)44(32-15-11-10-14-30(31)32)23-26-16-19-28(41)20-17-26/h8-22,37H,6-7,23H2,1-5H3/b34-22+/t37-/m0/s1. The number of carbonyl (C=O) groups excluding carboxylic acids is 1. The number of allylic oxidation sites excluding steroid dienone is 1. The van der Waals surface area contributed by atoms with Gasteiger partial charge >= 0.3 is 0 Å². The Morgan fingerprint density at radius 3 is 2.37 bits per heavy atom. The number of benzene rings is 4. The molecule has 4 aromatic carbocycles. The average Bonchev–Trinajstić information content (AvgIpc) is 3.56. The topological polar surface area (TPSA) is 68.8 Å². The third-order valence-electron chi connectivity index (χ3n) is 9.54. The molecule has 248 valence electrons. The smallest absolute Gasteiger partial charge is 0.271 e. The summed E-state index contributed by atoms with van der Waals surface area (Å²) in [6.07, 6.45) is 2.00. The summed E-state index contributed by atoms with van der Waals surface area (Å²) in [6.45, 7) is 9.70.